The van der Waals surface area contributed by atoms with Crippen LogP contribution in [-0.4, -0.2) is 32.0 Å². The third-order valence-electron chi connectivity index (χ3n) is 4.65. The number of rotatable bonds is 4. The number of nitrogens with zero attached hydrogens (tertiary/aromatic N) is 5. The number of benzene rings is 1. The average molecular weight is 385 g/mol. The highest BCUT2D eigenvalue weighted by Gasteiger charge is 2.24. The first-order valence-corrected chi connectivity index (χ1v) is 9.63. The van der Waals surface area contributed by atoms with Gasteiger partial charge in [-0.3, -0.25) is 15.0 Å². The Labute approximate surface area is 165 Å². The normalized spacial score (nSPS) is 14.4. The van der Waals surface area contributed by atoms with Crippen LogP contribution in [0, 0.1) is 0 Å². The lowest BCUT2D eigenvalue weighted by Crippen LogP contribution is -2.06. The van der Waals surface area contributed by atoms with E-state index in [1.807, 2.05) is 36.4 Å². The van der Waals surface area contributed by atoms with Crippen LogP contribution in [0.1, 0.15) is 28.5 Å². The van der Waals surface area contributed by atoms with Gasteiger partial charge < -0.3 is 5.11 Å². The molecule has 0 saturated heterocycles. The van der Waals surface area contributed by atoms with Gasteiger partial charge in [-0.05, 0) is 29.8 Å². The largest absolute Gasteiger partial charge is 0.384 e. The molecule has 3 aromatic heterocycles. The van der Waals surface area contributed by atoms with E-state index in [9.17, 15) is 5.11 Å². The van der Waals surface area contributed by atoms with Gasteiger partial charge in [0.2, 0.25) is 0 Å². The van der Waals surface area contributed by atoms with Crippen molar-refractivity contribution in [2.45, 2.75) is 12.5 Å². The smallest absolute Gasteiger partial charge is 0.108 e. The number of aromatic nitrogens is 3. The second-order valence-corrected chi connectivity index (χ2v) is 7.41. The molecule has 0 saturated carbocycles. The van der Waals surface area contributed by atoms with Crippen LogP contribution < -0.4 is 0 Å². The van der Waals surface area contributed by atoms with Gasteiger partial charge in [-0.2, -0.15) is 10.2 Å². The molecule has 1 aromatic carbocycles. The molecule has 1 unspecified atom stereocenters. The van der Waals surface area contributed by atoms with Crippen molar-refractivity contribution in [2.24, 2.45) is 10.2 Å². The Balaban J connectivity index is 1.66. The first-order valence-electron chi connectivity index (χ1n) is 8.82. The first-order chi connectivity index (χ1) is 13.8. The van der Waals surface area contributed by atoms with E-state index in [0.717, 1.165) is 37.7 Å². The molecule has 0 spiro atoms. The van der Waals surface area contributed by atoms with Crippen molar-refractivity contribution in [3.8, 4) is 10.4 Å². The van der Waals surface area contributed by atoms with E-state index in [1.54, 1.807) is 42.3 Å². The summed E-state index contributed by atoms with van der Waals surface area (Å²) in [5.74, 6) is 0. The molecule has 0 fully saturated rings. The molecule has 0 radical (unpaired) electrons. The van der Waals surface area contributed by atoms with Gasteiger partial charge in [0.05, 0.1) is 21.6 Å². The summed E-state index contributed by atoms with van der Waals surface area (Å²) in [7, 11) is 0. The minimum Gasteiger partial charge on any atom is -0.384 e. The number of para-hydroxylation sites is 1. The molecule has 4 aromatic rings. The zero-order valence-electron chi connectivity index (χ0n) is 14.7. The van der Waals surface area contributed by atoms with Crippen LogP contribution in [0.4, 0.5) is 0 Å². The van der Waals surface area contributed by atoms with Gasteiger partial charge in [0.1, 0.15) is 6.10 Å². The van der Waals surface area contributed by atoms with E-state index in [1.165, 1.54) is 0 Å². The Morgan fingerprint density at radius 2 is 1.82 bits per heavy atom. The lowest BCUT2D eigenvalue weighted by atomic mass is 9.98. The maximum atomic E-state index is 11.3. The fraction of sp³-hybridized carbons (Fsp3) is 0.0952. The zero-order valence-corrected chi connectivity index (χ0v) is 15.5. The molecule has 0 bridgehead atoms. The standard InChI is InChI=1S/C21H15N5OS/c27-20(14-2-1-3-16-19(14)24-11-10-23-16)15-12-18(13-4-7-22-8-5-13)28-21(15)17-6-9-25-26-17/h1-5,7-12,20,27H,6H2. The molecular weight excluding hydrogens is 370 g/mol. The van der Waals surface area contributed by atoms with Crippen molar-refractivity contribution in [1.82, 2.24) is 15.0 Å². The molecule has 1 aliphatic heterocycles. The van der Waals surface area contributed by atoms with Gasteiger partial charge >= 0.3 is 0 Å². The van der Waals surface area contributed by atoms with Gasteiger partial charge in [0, 0.05) is 53.4 Å². The van der Waals surface area contributed by atoms with Gasteiger partial charge in [-0.15, -0.1) is 11.3 Å². The van der Waals surface area contributed by atoms with Gasteiger partial charge in [-0.1, -0.05) is 12.1 Å². The first kappa shape index (κ1) is 16.9. The Morgan fingerprint density at radius 3 is 2.64 bits per heavy atom. The Morgan fingerprint density at radius 1 is 0.964 bits per heavy atom. The number of pyridine rings is 1. The summed E-state index contributed by atoms with van der Waals surface area (Å²) in [6.45, 7) is 0. The average Bonchev–Trinajstić information content (AvgIpc) is 3.43. The molecular formula is C21H15N5OS. The van der Waals surface area contributed by atoms with Gasteiger partial charge in [0.25, 0.3) is 0 Å². The summed E-state index contributed by atoms with van der Waals surface area (Å²) >= 11 is 1.60. The maximum Gasteiger partial charge on any atom is 0.108 e. The number of aliphatic hydroxyl groups is 1. The molecule has 136 valence electrons. The van der Waals surface area contributed by atoms with Crippen molar-refractivity contribution in [2.75, 3.05) is 0 Å². The van der Waals surface area contributed by atoms with Crippen molar-refractivity contribution < 1.29 is 5.11 Å². The maximum absolute atomic E-state index is 11.3. The van der Waals surface area contributed by atoms with E-state index < -0.39 is 6.10 Å². The summed E-state index contributed by atoms with van der Waals surface area (Å²) in [5, 5.41) is 19.6. The van der Waals surface area contributed by atoms with Crippen LogP contribution in [0.5, 0.6) is 0 Å². The number of aliphatic hydroxyl groups excluding tert-OH is 1. The molecule has 1 atom stereocenters. The Hall–Kier alpha value is -3.29. The Bertz CT molecular complexity index is 1210. The zero-order chi connectivity index (χ0) is 18.9. The van der Waals surface area contributed by atoms with Crippen LogP contribution >= 0.6 is 11.3 Å². The molecule has 5 rings (SSSR count). The fourth-order valence-electron chi connectivity index (χ4n) is 3.31. The van der Waals surface area contributed by atoms with Gasteiger partial charge in [0.15, 0.2) is 0 Å². The van der Waals surface area contributed by atoms with E-state index in [4.69, 9.17) is 0 Å². The number of hydrogen-bond donors (Lipinski definition) is 1. The summed E-state index contributed by atoms with van der Waals surface area (Å²) in [6.07, 6.45) is 8.42. The highest BCUT2D eigenvalue weighted by atomic mass is 32.1. The third kappa shape index (κ3) is 2.90. The quantitative estimate of drug-likeness (QED) is 0.575. The van der Waals surface area contributed by atoms with Crippen molar-refractivity contribution in [3.63, 3.8) is 0 Å². The molecule has 6 nitrogen and oxygen atoms in total. The number of hydrogen-bond acceptors (Lipinski definition) is 7. The number of thiophene rings is 1. The molecule has 0 amide bonds. The molecule has 28 heavy (non-hydrogen) atoms. The minimum atomic E-state index is -0.842. The lowest BCUT2D eigenvalue weighted by Gasteiger charge is -2.13. The third-order valence-corrected chi connectivity index (χ3v) is 5.90. The lowest BCUT2D eigenvalue weighted by molar-refractivity contribution is 0.222. The molecule has 1 aliphatic rings. The van der Waals surface area contributed by atoms with Crippen molar-refractivity contribution in [3.05, 3.63) is 77.2 Å². The monoisotopic (exact) mass is 385 g/mol. The molecule has 4 heterocycles. The Kier molecular flexibility index (Phi) is 4.23. The summed E-state index contributed by atoms with van der Waals surface area (Å²) in [5.41, 5.74) is 4.91. The minimum absolute atomic E-state index is 0.658. The molecule has 0 aliphatic carbocycles. The summed E-state index contributed by atoms with van der Waals surface area (Å²) in [4.78, 5) is 14.9. The second kappa shape index (κ2) is 7.03. The number of fused-ring (bicyclic) bond motifs is 1. The second-order valence-electron chi connectivity index (χ2n) is 6.35. The van der Waals surface area contributed by atoms with Crippen LogP contribution in [0.25, 0.3) is 21.5 Å². The molecule has 7 heteroatoms. The molecule has 1 N–H and O–H groups in total. The highest BCUT2D eigenvalue weighted by molar-refractivity contribution is 7.17. The topological polar surface area (TPSA) is 83.6 Å². The van der Waals surface area contributed by atoms with Crippen LogP contribution in [-0.2, 0) is 0 Å². The van der Waals surface area contributed by atoms with Crippen molar-refractivity contribution >= 4 is 34.3 Å². The predicted molar refractivity (Wildman–Crippen MR) is 111 cm³/mol. The fourth-order valence-corrected chi connectivity index (χ4v) is 4.50. The van der Waals surface area contributed by atoms with E-state index in [0.29, 0.717) is 11.9 Å². The van der Waals surface area contributed by atoms with Crippen molar-refractivity contribution in [1.29, 1.82) is 0 Å². The summed E-state index contributed by atoms with van der Waals surface area (Å²) in [6, 6.07) is 11.6. The van der Waals surface area contributed by atoms with E-state index >= 15 is 0 Å². The van der Waals surface area contributed by atoms with E-state index in [2.05, 4.69) is 25.2 Å². The van der Waals surface area contributed by atoms with Crippen LogP contribution in [0.2, 0.25) is 0 Å². The van der Waals surface area contributed by atoms with Gasteiger partial charge in [-0.25, -0.2) is 0 Å². The van der Waals surface area contributed by atoms with Crippen LogP contribution in [0.15, 0.2) is 71.4 Å². The van der Waals surface area contributed by atoms with E-state index in [-0.39, 0.29) is 0 Å². The highest BCUT2D eigenvalue weighted by Crippen LogP contribution is 2.39. The SMILES string of the molecule is OC(c1cc(-c2ccncc2)sc1C1=NN=CC1)c1cccc2nccnc12. The summed E-state index contributed by atoms with van der Waals surface area (Å²) < 4.78 is 0. The predicted octanol–water partition coefficient (Wildman–Crippen LogP) is 4.01. The van der Waals surface area contributed by atoms with Crippen LogP contribution in [0.3, 0.4) is 0 Å².